The van der Waals surface area contributed by atoms with Gasteiger partial charge in [0.15, 0.2) is 11.5 Å². The first-order valence-corrected chi connectivity index (χ1v) is 11.8. The molecule has 4 rings (SSSR count). The molecule has 0 aromatic heterocycles. The number of rotatable bonds is 7. The first-order valence-electron chi connectivity index (χ1n) is 10.2. The number of benzene rings is 2. The summed E-state index contributed by atoms with van der Waals surface area (Å²) in [6.07, 6.45) is 3.34. The molecule has 30 heavy (non-hydrogen) atoms. The molecule has 2 aromatic rings. The Bertz CT molecular complexity index is 1070. The van der Waals surface area contributed by atoms with Crippen LogP contribution in [0.1, 0.15) is 43.0 Å². The van der Waals surface area contributed by atoms with Gasteiger partial charge in [0.1, 0.15) is 6.54 Å². The summed E-state index contributed by atoms with van der Waals surface area (Å²) in [7, 11) is -3.66. The van der Waals surface area contributed by atoms with Crippen LogP contribution in [-0.4, -0.2) is 33.4 Å². The maximum atomic E-state index is 12.8. The molecule has 7 nitrogen and oxygen atoms in total. The van der Waals surface area contributed by atoms with Crippen molar-refractivity contribution in [2.24, 2.45) is 0 Å². The number of carbonyl (C=O) groups is 1. The number of nitrogens with one attached hydrogen (secondary N) is 1. The van der Waals surface area contributed by atoms with E-state index in [4.69, 9.17) is 9.47 Å². The average molecular weight is 431 g/mol. The van der Waals surface area contributed by atoms with Gasteiger partial charge in [-0.25, -0.2) is 8.42 Å². The van der Waals surface area contributed by atoms with E-state index in [2.05, 4.69) is 17.4 Å². The second kappa shape index (κ2) is 8.18. The third kappa shape index (κ3) is 4.09. The van der Waals surface area contributed by atoms with Gasteiger partial charge in [0.25, 0.3) is 0 Å². The van der Waals surface area contributed by atoms with Gasteiger partial charge in [-0.3, -0.25) is 9.10 Å². The van der Waals surface area contributed by atoms with Gasteiger partial charge < -0.3 is 14.8 Å². The van der Waals surface area contributed by atoms with E-state index in [1.54, 1.807) is 25.1 Å². The molecule has 1 atom stereocenters. The Hall–Kier alpha value is -2.74. The summed E-state index contributed by atoms with van der Waals surface area (Å²) >= 11 is 0. The number of ether oxygens (including phenoxy) is 2. The average Bonchev–Trinajstić information content (AvgIpc) is 3.39. The van der Waals surface area contributed by atoms with Crippen LogP contribution < -0.4 is 19.1 Å². The van der Waals surface area contributed by atoms with Gasteiger partial charge in [-0.15, -0.1) is 0 Å². The molecular weight excluding hydrogens is 404 g/mol. The molecule has 1 amide bonds. The smallest absolute Gasteiger partial charge is 0.241 e. The molecule has 0 saturated heterocycles. The standard InChI is InChI=1S/C22H26N2O5S/c1-3-30(26,27)24(19-9-10-20-21(12-19)29-14-28-20)13-22(25)23-15(2)17-8-7-16-5-4-6-18(16)11-17/h7-12,15H,3-6,13-14H2,1-2H3,(H,23,25)/t15-/m1/s1. The number of carbonyl (C=O) groups excluding carboxylic acids is 1. The van der Waals surface area contributed by atoms with Crippen LogP contribution in [0.4, 0.5) is 5.69 Å². The van der Waals surface area contributed by atoms with Crippen molar-refractivity contribution in [3.63, 3.8) is 0 Å². The van der Waals surface area contributed by atoms with Gasteiger partial charge in [0.2, 0.25) is 22.7 Å². The van der Waals surface area contributed by atoms with Crippen molar-refractivity contribution in [3.05, 3.63) is 53.1 Å². The first-order chi connectivity index (χ1) is 14.4. The number of anilines is 1. The zero-order chi connectivity index (χ0) is 21.3. The molecule has 0 saturated carbocycles. The zero-order valence-corrected chi connectivity index (χ0v) is 18.0. The van der Waals surface area contributed by atoms with Gasteiger partial charge in [0, 0.05) is 6.07 Å². The number of nitrogens with zero attached hydrogens (tertiary/aromatic N) is 1. The minimum absolute atomic E-state index is 0.0953. The Balaban J connectivity index is 1.50. The van der Waals surface area contributed by atoms with Crippen LogP contribution in [0.5, 0.6) is 11.5 Å². The Kier molecular flexibility index (Phi) is 5.60. The predicted octanol–water partition coefficient (Wildman–Crippen LogP) is 2.94. The largest absolute Gasteiger partial charge is 0.454 e. The topological polar surface area (TPSA) is 84.9 Å². The molecule has 1 N–H and O–H groups in total. The molecule has 1 aliphatic carbocycles. The van der Waals surface area contributed by atoms with E-state index in [1.807, 2.05) is 13.0 Å². The minimum Gasteiger partial charge on any atom is -0.454 e. The van der Waals surface area contributed by atoms with Gasteiger partial charge in [-0.05, 0) is 61.9 Å². The Morgan fingerprint density at radius 2 is 1.87 bits per heavy atom. The fourth-order valence-corrected chi connectivity index (χ4v) is 4.97. The van der Waals surface area contributed by atoms with Crippen LogP contribution >= 0.6 is 0 Å². The summed E-state index contributed by atoms with van der Waals surface area (Å²) < 4.78 is 37.2. The third-order valence-corrected chi connectivity index (χ3v) is 7.37. The van der Waals surface area contributed by atoms with Crippen molar-refractivity contribution in [3.8, 4) is 11.5 Å². The highest BCUT2D eigenvalue weighted by molar-refractivity contribution is 7.92. The van der Waals surface area contributed by atoms with Gasteiger partial charge in [0.05, 0.1) is 17.5 Å². The Labute approximate surface area is 177 Å². The minimum atomic E-state index is -3.66. The summed E-state index contributed by atoms with van der Waals surface area (Å²) in [4.78, 5) is 12.8. The van der Waals surface area contributed by atoms with Crippen LogP contribution in [-0.2, 0) is 27.7 Å². The normalized spacial score (nSPS) is 15.5. The van der Waals surface area contributed by atoms with Gasteiger partial charge >= 0.3 is 0 Å². The number of hydrogen-bond donors (Lipinski definition) is 1. The van der Waals surface area contributed by atoms with Crippen LogP contribution in [0.25, 0.3) is 0 Å². The molecule has 0 unspecified atom stereocenters. The van der Waals surface area contributed by atoms with Crippen molar-refractivity contribution >= 4 is 21.6 Å². The quantitative estimate of drug-likeness (QED) is 0.730. The maximum Gasteiger partial charge on any atom is 0.241 e. The van der Waals surface area contributed by atoms with Crippen LogP contribution in [0.2, 0.25) is 0 Å². The van der Waals surface area contributed by atoms with Crippen molar-refractivity contribution in [1.29, 1.82) is 0 Å². The van der Waals surface area contributed by atoms with E-state index in [0.29, 0.717) is 17.2 Å². The van der Waals surface area contributed by atoms with E-state index in [-0.39, 0.29) is 31.0 Å². The molecule has 1 aliphatic heterocycles. The number of aryl methyl sites for hydroxylation is 2. The second-order valence-electron chi connectivity index (χ2n) is 7.62. The van der Waals surface area contributed by atoms with E-state index < -0.39 is 10.0 Å². The lowest BCUT2D eigenvalue weighted by Gasteiger charge is -2.24. The highest BCUT2D eigenvalue weighted by atomic mass is 32.2. The highest BCUT2D eigenvalue weighted by Crippen LogP contribution is 2.36. The van der Waals surface area contributed by atoms with Crippen molar-refractivity contribution < 1.29 is 22.7 Å². The van der Waals surface area contributed by atoms with Gasteiger partial charge in [-0.1, -0.05) is 18.2 Å². The number of amides is 1. The summed E-state index contributed by atoms with van der Waals surface area (Å²) in [6.45, 7) is 3.26. The molecule has 2 aliphatic rings. The molecule has 160 valence electrons. The zero-order valence-electron chi connectivity index (χ0n) is 17.2. The van der Waals surface area contributed by atoms with Crippen LogP contribution in [0.3, 0.4) is 0 Å². The number of sulfonamides is 1. The van der Waals surface area contributed by atoms with Crippen molar-refractivity contribution in [2.45, 2.75) is 39.2 Å². The van der Waals surface area contributed by atoms with E-state index in [0.717, 1.165) is 22.7 Å². The highest BCUT2D eigenvalue weighted by Gasteiger charge is 2.26. The Morgan fingerprint density at radius 3 is 2.67 bits per heavy atom. The predicted molar refractivity (Wildman–Crippen MR) is 114 cm³/mol. The SMILES string of the molecule is CCS(=O)(=O)N(CC(=O)N[C@H](C)c1ccc2c(c1)CCC2)c1ccc2c(c1)OCO2. The second-order valence-corrected chi connectivity index (χ2v) is 9.80. The molecule has 0 bridgehead atoms. The lowest BCUT2D eigenvalue weighted by atomic mass is 10.0. The molecule has 2 aromatic carbocycles. The van der Waals surface area contributed by atoms with E-state index in [1.165, 1.54) is 17.5 Å². The van der Waals surface area contributed by atoms with Crippen molar-refractivity contribution in [1.82, 2.24) is 5.32 Å². The fraction of sp³-hybridized carbons (Fsp3) is 0.409. The molecule has 0 spiro atoms. The number of fused-ring (bicyclic) bond motifs is 2. The lowest BCUT2D eigenvalue weighted by molar-refractivity contribution is -0.120. The monoisotopic (exact) mass is 430 g/mol. The van der Waals surface area contributed by atoms with Gasteiger partial charge in [-0.2, -0.15) is 0 Å². The Morgan fingerprint density at radius 1 is 1.10 bits per heavy atom. The fourth-order valence-electron chi connectivity index (χ4n) is 3.91. The molecular formula is C22H26N2O5S. The summed E-state index contributed by atoms with van der Waals surface area (Å²) in [5, 5.41) is 2.94. The van der Waals surface area contributed by atoms with E-state index in [9.17, 15) is 13.2 Å². The molecule has 0 fully saturated rings. The van der Waals surface area contributed by atoms with Crippen molar-refractivity contribution in [2.75, 3.05) is 23.4 Å². The molecule has 8 heteroatoms. The van der Waals surface area contributed by atoms with E-state index >= 15 is 0 Å². The molecule has 0 radical (unpaired) electrons. The number of hydrogen-bond acceptors (Lipinski definition) is 5. The maximum absolute atomic E-state index is 12.8. The third-order valence-electron chi connectivity index (χ3n) is 5.63. The summed E-state index contributed by atoms with van der Waals surface area (Å²) in [5.74, 6) is 0.547. The summed E-state index contributed by atoms with van der Waals surface area (Å²) in [6, 6.07) is 11.0. The van der Waals surface area contributed by atoms with Crippen LogP contribution in [0, 0.1) is 0 Å². The summed E-state index contributed by atoms with van der Waals surface area (Å²) in [5.41, 5.74) is 4.11. The lowest BCUT2D eigenvalue weighted by Crippen LogP contribution is -2.42. The molecule has 1 heterocycles. The van der Waals surface area contributed by atoms with Crippen LogP contribution in [0.15, 0.2) is 36.4 Å². The first kappa shape index (κ1) is 20.5.